The molecule has 0 amide bonds. The Labute approximate surface area is 158 Å². The van der Waals surface area contributed by atoms with Gasteiger partial charge in [-0.15, -0.1) is 0 Å². The van der Waals surface area contributed by atoms with Gasteiger partial charge in [0, 0.05) is 13.1 Å². The van der Waals surface area contributed by atoms with Crippen LogP contribution in [0.5, 0.6) is 0 Å². The van der Waals surface area contributed by atoms with Gasteiger partial charge in [0.25, 0.3) is 0 Å². The van der Waals surface area contributed by atoms with Crippen molar-refractivity contribution >= 4 is 10.0 Å². The highest BCUT2D eigenvalue weighted by molar-refractivity contribution is 7.89. The number of hydrogen-bond acceptors (Lipinski definition) is 3. The highest BCUT2D eigenvalue weighted by atomic mass is 32.2. The molecule has 1 heterocycles. The van der Waals surface area contributed by atoms with Crippen LogP contribution in [0.1, 0.15) is 69.7 Å². The van der Waals surface area contributed by atoms with Gasteiger partial charge in [0.05, 0.1) is 11.4 Å². The van der Waals surface area contributed by atoms with Gasteiger partial charge in [0.15, 0.2) is 0 Å². The summed E-state index contributed by atoms with van der Waals surface area (Å²) in [5, 5.41) is 4.32. The first kappa shape index (κ1) is 18.5. The Morgan fingerprint density at radius 1 is 1.15 bits per heavy atom. The summed E-state index contributed by atoms with van der Waals surface area (Å²) in [6, 6.07) is 0.0601. The molecule has 4 fully saturated rings. The van der Waals surface area contributed by atoms with E-state index in [1.54, 1.807) is 11.6 Å². The lowest BCUT2D eigenvalue weighted by molar-refractivity contribution is -0.0712. The molecule has 5 rings (SSSR count). The molecule has 1 aromatic heterocycles. The zero-order valence-corrected chi connectivity index (χ0v) is 17.4. The second-order valence-corrected chi connectivity index (χ2v) is 11.0. The van der Waals surface area contributed by atoms with Gasteiger partial charge < -0.3 is 0 Å². The van der Waals surface area contributed by atoms with E-state index in [2.05, 4.69) is 16.7 Å². The molecule has 1 atom stereocenters. The van der Waals surface area contributed by atoms with E-state index in [4.69, 9.17) is 0 Å². The van der Waals surface area contributed by atoms with Crippen molar-refractivity contribution in [1.29, 1.82) is 0 Å². The third-order valence-corrected chi connectivity index (χ3v) is 9.13. The van der Waals surface area contributed by atoms with Gasteiger partial charge in [-0.1, -0.05) is 13.3 Å². The third kappa shape index (κ3) is 2.93. The van der Waals surface area contributed by atoms with Gasteiger partial charge in [0.1, 0.15) is 4.90 Å². The number of aromatic nitrogens is 2. The molecule has 5 nitrogen and oxygen atoms in total. The molecule has 1 aromatic rings. The number of sulfonamides is 1. The molecule has 1 N–H and O–H groups in total. The zero-order chi connectivity index (χ0) is 18.7. The minimum Gasteiger partial charge on any atom is -0.271 e. The first-order chi connectivity index (χ1) is 12.2. The monoisotopic (exact) mass is 379 g/mol. The average Bonchev–Trinajstić information content (AvgIpc) is 2.78. The standard InChI is InChI=1S/C20H33N3O2S/c1-5-6-18(20-10-15-7-16(11-20)9-17(8-15)12-20)22-26(24,25)19-13(2)21-23(4)14(19)3/h15-18,22H,5-12H2,1-4H3. The predicted molar refractivity (Wildman–Crippen MR) is 102 cm³/mol. The Morgan fingerprint density at radius 2 is 1.69 bits per heavy atom. The Hall–Kier alpha value is -0.880. The summed E-state index contributed by atoms with van der Waals surface area (Å²) in [6.45, 7) is 5.80. The lowest BCUT2D eigenvalue weighted by Gasteiger charge is -2.59. The van der Waals surface area contributed by atoms with Crippen LogP contribution in [0.15, 0.2) is 4.90 Å². The van der Waals surface area contributed by atoms with E-state index in [1.165, 1.54) is 38.5 Å². The van der Waals surface area contributed by atoms with Crippen LogP contribution in [0, 0.1) is 37.0 Å². The molecule has 4 bridgehead atoms. The summed E-state index contributed by atoms with van der Waals surface area (Å²) in [4.78, 5) is 0.380. The van der Waals surface area contributed by atoms with Crippen LogP contribution >= 0.6 is 0 Å². The maximum Gasteiger partial charge on any atom is 0.244 e. The minimum atomic E-state index is -3.55. The number of rotatable bonds is 6. The summed E-state index contributed by atoms with van der Waals surface area (Å²) < 4.78 is 31.5. The van der Waals surface area contributed by atoms with Gasteiger partial charge in [-0.2, -0.15) is 5.10 Å². The molecule has 4 aliphatic rings. The molecule has 0 aliphatic heterocycles. The summed E-state index contributed by atoms with van der Waals surface area (Å²) >= 11 is 0. The van der Waals surface area contributed by atoms with Crippen molar-refractivity contribution in [3.8, 4) is 0 Å². The van der Waals surface area contributed by atoms with Gasteiger partial charge in [-0.25, -0.2) is 13.1 Å². The van der Waals surface area contributed by atoms with E-state index in [-0.39, 0.29) is 11.5 Å². The number of hydrogen-bond donors (Lipinski definition) is 1. The normalized spacial score (nSPS) is 34.4. The number of aryl methyl sites for hydroxylation is 2. The van der Waals surface area contributed by atoms with Crippen LogP contribution < -0.4 is 4.72 Å². The largest absolute Gasteiger partial charge is 0.271 e. The highest BCUT2D eigenvalue weighted by Crippen LogP contribution is 2.61. The molecule has 6 heteroatoms. The molecule has 0 radical (unpaired) electrons. The predicted octanol–water partition coefficient (Wildman–Crippen LogP) is 3.70. The van der Waals surface area contributed by atoms with Gasteiger partial charge in [-0.05, 0) is 82.0 Å². The zero-order valence-electron chi connectivity index (χ0n) is 16.6. The fraction of sp³-hybridized carbons (Fsp3) is 0.850. The molecule has 26 heavy (non-hydrogen) atoms. The Bertz CT molecular complexity index is 761. The molecule has 146 valence electrons. The van der Waals surface area contributed by atoms with Crippen molar-refractivity contribution in [1.82, 2.24) is 14.5 Å². The number of nitrogens with one attached hydrogen (secondary N) is 1. The van der Waals surface area contributed by atoms with Crippen LogP contribution in [0.25, 0.3) is 0 Å². The van der Waals surface area contributed by atoms with Crippen LogP contribution in [-0.4, -0.2) is 24.2 Å². The van der Waals surface area contributed by atoms with E-state index in [0.717, 1.165) is 36.3 Å². The lowest BCUT2D eigenvalue weighted by Crippen LogP contribution is -2.56. The SMILES string of the molecule is CCCC(NS(=O)(=O)c1c(C)nn(C)c1C)C12CC3CC(CC(C3)C1)C2. The fourth-order valence-corrected chi connectivity index (χ4v) is 8.58. The Kier molecular flexibility index (Phi) is 4.50. The fourth-order valence-electron chi connectivity index (χ4n) is 6.77. The van der Waals surface area contributed by atoms with Crippen LogP contribution in [0.3, 0.4) is 0 Å². The van der Waals surface area contributed by atoms with Crippen molar-refractivity contribution in [2.75, 3.05) is 0 Å². The van der Waals surface area contributed by atoms with Crippen molar-refractivity contribution in [3.05, 3.63) is 11.4 Å². The quantitative estimate of drug-likeness (QED) is 0.820. The molecule has 0 spiro atoms. The lowest BCUT2D eigenvalue weighted by atomic mass is 9.47. The second-order valence-electron chi connectivity index (χ2n) is 9.37. The summed E-state index contributed by atoms with van der Waals surface area (Å²) in [5.41, 5.74) is 1.50. The van der Waals surface area contributed by atoms with E-state index >= 15 is 0 Å². The van der Waals surface area contributed by atoms with Crippen molar-refractivity contribution in [3.63, 3.8) is 0 Å². The first-order valence-corrected chi connectivity index (χ1v) is 11.7. The summed E-state index contributed by atoms with van der Waals surface area (Å²) in [6.07, 6.45) is 9.75. The maximum absolute atomic E-state index is 13.3. The topological polar surface area (TPSA) is 64.0 Å². The Morgan fingerprint density at radius 3 is 2.12 bits per heavy atom. The summed E-state index contributed by atoms with van der Waals surface area (Å²) in [5.74, 6) is 2.48. The maximum atomic E-state index is 13.3. The van der Waals surface area contributed by atoms with Crippen LogP contribution in [0.2, 0.25) is 0 Å². The molecule has 0 aromatic carbocycles. The molecular formula is C20H33N3O2S. The van der Waals surface area contributed by atoms with Crippen molar-refractivity contribution in [2.45, 2.75) is 83.1 Å². The van der Waals surface area contributed by atoms with E-state index < -0.39 is 10.0 Å². The second kappa shape index (κ2) is 6.33. The van der Waals surface area contributed by atoms with Crippen LogP contribution in [-0.2, 0) is 17.1 Å². The van der Waals surface area contributed by atoms with Gasteiger partial charge in [-0.3, -0.25) is 4.68 Å². The molecule has 1 unspecified atom stereocenters. The molecule has 0 saturated heterocycles. The van der Waals surface area contributed by atoms with E-state index in [0.29, 0.717) is 10.6 Å². The first-order valence-electron chi connectivity index (χ1n) is 10.3. The molecule has 4 aliphatic carbocycles. The van der Waals surface area contributed by atoms with Crippen molar-refractivity contribution in [2.24, 2.45) is 30.2 Å². The van der Waals surface area contributed by atoms with E-state index in [1.807, 2.05) is 14.0 Å². The third-order valence-electron chi connectivity index (χ3n) is 7.41. The average molecular weight is 380 g/mol. The summed E-state index contributed by atoms with van der Waals surface area (Å²) in [7, 11) is -1.74. The minimum absolute atomic E-state index is 0.0601. The molecule has 4 saturated carbocycles. The van der Waals surface area contributed by atoms with Gasteiger partial charge >= 0.3 is 0 Å². The van der Waals surface area contributed by atoms with Gasteiger partial charge in [0.2, 0.25) is 10.0 Å². The van der Waals surface area contributed by atoms with Crippen LogP contribution in [0.4, 0.5) is 0 Å². The van der Waals surface area contributed by atoms with E-state index in [9.17, 15) is 8.42 Å². The number of nitrogens with zero attached hydrogens (tertiary/aromatic N) is 2. The smallest absolute Gasteiger partial charge is 0.244 e. The molecular weight excluding hydrogens is 346 g/mol. The van der Waals surface area contributed by atoms with Crippen molar-refractivity contribution < 1.29 is 8.42 Å². The Balaban J connectivity index is 1.65. The highest BCUT2D eigenvalue weighted by Gasteiger charge is 2.54.